The SMILES string of the molecule is COCCOCCO[C@@H](C)CN1C(=O)c2ccc3c4c(ccc(c24)C1=O)C(=O)N(C[C@H](C)OCCOCCOC)C3=O. The standard InChI is InChI=1S/C30H38N2O10/c1-19(41-15-13-39-11-9-37-3)17-31-27(33)21-5-7-23-26-24(8-6-22(25(21)26)28(31)34)30(36)32(29(23)35)18-20(2)42-16-14-40-12-10-38-4/h5-8,19-20H,9-18H2,1-4H3/t19-,20-/m0/s1. The predicted octanol–water partition coefficient (Wildman–Crippen LogP) is 2.17. The summed E-state index contributed by atoms with van der Waals surface area (Å²) in [6, 6.07) is 6.19. The summed E-state index contributed by atoms with van der Waals surface area (Å²) in [7, 11) is 3.18. The quantitative estimate of drug-likeness (QED) is 0.189. The first kappa shape index (κ1) is 31.7. The minimum absolute atomic E-state index is 0.0428. The van der Waals surface area contributed by atoms with Crippen molar-refractivity contribution in [2.75, 3.05) is 80.2 Å². The number of nitrogens with zero attached hydrogens (tertiary/aromatic N) is 2. The smallest absolute Gasteiger partial charge is 0.261 e. The van der Waals surface area contributed by atoms with E-state index in [1.165, 1.54) is 0 Å². The highest BCUT2D eigenvalue weighted by Crippen LogP contribution is 2.38. The molecule has 12 nitrogen and oxygen atoms in total. The van der Waals surface area contributed by atoms with Crippen molar-refractivity contribution in [3.8, 4) is 0 Å². The van der Waals surface area contributed by atoms with E-state index >= 15 is 0 Å². The van der Waals surface area contributed by atoms with Gasteiger partial charge in [-0.3, -0.25) is 29.0 Å². The Balaban J connectivity index is 1.46. The lowest BCUT2D eigenvalue weighted by molar-refractivity contribution is -0.00904. The van der Waals surface area contributed by atoms with Crippen LogP contribution in [0.3, 0.4) is 0 Å². The number of ether oxygens (including phenoxy) is 6. The van der Waals surface area contributed by atoms with Crippen molar-refractivity contribution in [3.63, 3.8) is 0 Å². The zero-order valence-corrected chi connectivity index (χ0v) is 24.5. The molecule has 0 saturated carbocycles. The average molecular weight is 587 g/mol. The monoisotopic (exact) mass is 586 g/mol. The number of benzene rings is 2. The van der Waals surface area contributed by atoms with Crippen molar-refractivity contribution in [1.82, 2.24) is 9.80 Å². The molecule has 2 atom stereocenters. The Morgan fingerprint density at radius 1 is 0.524 bits per heavy atom. The summed E-state index contributed by atoms with van der Waals surface area (Å²) in [4.78, 5) is 56.2. The fraction of sp³-hybridized carbons (Fsp3) is 0.533. The third-order valence-electron chi connectivity index (χ3n) is 7.07. The zero-order valence-electron chi connectivity index (χ0n) is 24.5. The van der Waals surface area contributed by atoms with Gasteiger partial charge < -0.3 is 28.4 Å². The number of methoxy groups -OCH3 is 2. The first-order valence-corrected chi connectivity index (χ1v) is 14.0. The number of imide groups is 2. The van der Waals surface area contributed by atoms with Crippen molar-refractivity contribution in [1.29, 1.82) is 0 Å². The Hall–Kier alpha value is -3.26. The van der Waals surface area contributed by atoms with E-state index in [4.69, 9.17) is 28.4 Å². The van der Waals surface area contributed by atoms with Gasteiger partial charge in [-0.2, -0.15) is 0 Å². The molecule has 12 heteroatoms. The lowest BCUT2D eigenvalue weighted by atomic mass is 9.86. The van der Waals surface area contributed by atoms with Crippen LogP contribution in [0.15, 0.2) is 24.3 Å². The van der Waals surface area contributed by atoms with Crippen LogP contribution in [-0.4, -0.2) is 126 Å². The second-order valence-corrected chi connectivity index (χ2v) is 10.1. The summed E-state index contributed by atoms with van der Waals surface area (Å²) in [6.45, 7) is 6.80. The Bertz CT molecular complexity index is 1140. The Morgan fingerprint density at radius 3 is 1.14 bits per heavy atom. The molecule has 2 aromatic rings. The zero-order chi connectivity index (χ0) is 30.2. The van der Waals surface area contributed by atoms with Crippen molar-refractivity contribution in [2.45, 2.75) is 26.1 Å². The first-order chi connectivity index (χ1) is 20.3. The van der Waals surface area contributed by atoms with Gasteiger partial charge in [0.05, 0.1) is 78.2 Å². The van der Waals surface area contributed by atoms with E-state index in [0.717, 1.165) is 9.80 Å². The Labute approximate surface area is 244 Å². The summed E-state index contributed by atoms with van der Waals surface area (Å²) in [6.07, 6.45) is -0.868. The van der Waals surface area contributed by atoms with Crippen LogP contribution < -0.4 is 0 Å². The molecule has 0 N–H and O–H groups in total. The summed E-state index contributed by atoms with van der Waals surface area (Å²) >= 11 is 0. The summed E-state index contributed by atoms with van der Waals surface area (Å²) in [5, 5.41) is 0.658. The number of carbonyl (C=O) groups excluding carboxylic acids is 4. The fourth-order valence-corrected chi connectivity index (χ4v) is 5.03. The number of carbonyl (C=O) groups is 4. The van der Waals surface area contributed by atoms with Gasteiger partial charge in [0.15, 0.2) is 0 Å². The van der Waals surface area contributed by atoms with Gasteiger partial charge in [0.25, 0.3) is 23.6 Å². The molecule has 0 unspecified atom stereocenters. The highest BCUT2D eigenvalue weighted by Gasteiger charge is 2.40. The second kappa shape index (κ2) is 14.8. The summed E-state index contributed by atoms with van der Waals surface area (Å²) < 4.78 is 32.1. The third kappa shape index (κ3) is 6.86. The van der Waals surface area contributed by atoms with Gasteiger partial charge in [0.2, 0.25) is 0 Å². The molecule has 4 rings (SSSR count). The van der Waals surface area contributed by atoms with Crippen molar-refractivity contribution < 1.29 is 47.6 Å². The highest BCUT2D eigenvalue weighted by molar-refractivity contribution is 6.33. The molecule has 2 aliphatic heterocycles. The van der Waals surface area contributed by atoms with E-state index in [1.54, 1.807) is 52.3 Å². The second-order valence-electron chi connectivity index (χ2n) is 10.1. The lowest BCUT2D eigenvalue weighted by Crippen LogP contribution is -2.46. The van der Waals surface area contributed by atoms with Gasteiger partial charge in [-0.1, -0.05) is 0 Å². The molecule has 0 bridgehead atoms. The van der Waals surface area contributed by atoms with Crippen molar-refractivity contribution in [3.05, 3.63) is 46.5 Å². The number of hydrogen-bond acceptors (Lipinski definition) is 10. The fourth-order valence-electron chi connectivity index (χ4n) is 5.03. The molecule has 2 aromatic carbocycles. The van der Waals surface area contributed by atoms with Crippen LogP contribution >= 0.6 is 0 Å². The van der Waals surface area contributed by atoms with Gasteiger partial charge in [-0.25, -0.2) is 0 Å². The van der Waals surface area contributed by atoms with Crippen LogP contribution in [-0.2, 0) is 28.4 Å². The van der Waals surface area contributed by atoms with E-state index in [9.17, 15) is 19.2 Å². The predicted molar refractivity (Wildman–Crippen MR) is 151 cm³/mol. The molecule has 2 heterocycles. The number of rotatable bonds is 18. The molecule has 0 spiro atoms. The molecule has 4 amide bonds. The van der Waals surface area contributed by atoms with Crippen LogP contribution in [0, 0.1) is 0 Å². The van der Waals surface area contributed by atoms with Gasteiger partial charge in [-0.05, 0) is 38.1 Å². The molecular formula is C30H38N2O10. The normalized spacial score (nSPS) is 16.1. The van der Waals surface area contributed by atoms with Gasteiger partial charge in [-0.15, -0.1) is 0 Å². The van der Waals surface area contributed by atoms with Crippen LogP contribution in [0.5, 0.6) is 0 Å². The largest absolute Gasteiger partial charge is 0.382 e. The number of hydrogen-bond donors (Lipinski definition) is 0. The van der Waals surface area contributed by atoms with Crippen molar-refractivity contribution in [2.24, 2.45) is 0 Å². The van der Waals surface area contributed by atoms with Gasteiger partial charge in [0, 0.05) is 47.2 Å². The van der Waals surface area contributed by atoms with Crippen LogP contribution in [0.25, 0.3) is 10.8 Å². The maximum Gasteiger partial charge on any atom is 0.261 e. The van der Waals surface area contributed by atoms with E-state index < -0.39 is 35.8 Å². The molecule has 0 radical (unpaired) electrons. The molecule has 0 aliphatic carbocycles. The molecule has 0 saturated heterocycles. The van der Waals surface area contributed by atoms with Crippen LogP contribution in [0.2, 0.25) is 0 Å². The minimum Gasteiger partial charge on any atom is -0.382 e. The van der Waals surface area contributed by atoms with Crippen LogP contribution in [0.4, 0.5) is 0 Å². The van der Waals surface area contributed by atoms with Gasteiger partial charge in [0.1, 0.15) is 0 Å². The first-order valence-electron chi connectivity index (χ1n) is 14.0. The Kier molecular flexibility index (Phi) is 11.1. The van der Waals surface area contributed by atoms with E-state index in [0.29, 0.717) is 63.6 Å². The average Bonchev–Trinajstić information content (AvgIpc) is 2.98. The molecule has 2 aliphatic rings. The molecule has 0 aromatic heterocycles. The number of amides is 4. The maximum atomic E-state index is 13.5. The third-order valence-corrected chi connectivity index (χ3v) is 7.07. The Morgan fingerprint density at radius 2 is 0.833 bits per heavy atom. The lowest BCUT2D eigenvalue weighted by Gasteiger charge is -2.33. The molecular weight excluding hydrogens is 548 g/mol. The van der Waals surface area contributed by atoms with E-state index in [-0.39, 0.29) is 35.3 Å². The summed E-state index contributed by atoms with van der Waals surface area (Å²) in [5.74, 6) is -2.00. The van der Waals surface area contributed by atoms with Crippen molar-refractivity contribution >= 4 is 34.4 Å². The topological polar surface area (TPSA) is 130 Å². The molecule has 42 heavy (non-hydrogen) atoms. The van der Waals surface area contributed by atoms with Gasteiger partial charge >= 0.3 is 0 Å². The highest BCUT2D eigenvalue weighted by atomic mass is 16.5. The molecule has 0 fully saturated rings. The maximum absolute atomic E-state index is 13.5. The van der Waals surface area contributed by atoms with E-state index in [1.807, 2.05) is 0 Å². The minimum atomic E-state index is -0.500. The van der Waals surface area contributed by atoms with E-state index in [2.05, 4.69) is 0 Å². The molecule has 228 valence electrons. The summed E-state index contributed by atoms with van der Waals surface area (Å²) in [5.41, 5.74) is 1.05. The van der Waals surface area contributed by atoms with Crippen LogP contribution in [0.1, 0.15) is 55.3 Å².